The smallest absolute Gasteiger partial charge is 0.383 e. The number of halogens is 3. The number of amides is 1. The van der Waals surface area contributed by atoms with E-state index in [1.807, 2.05) is 26.2 Å². The van der Waals surface area contributed by atoms with Gasteiger partial charge in [0.05, 0.1) is 35.1 Å². The maximum atomic E-state index is 13.9. The van der Waals surface area contributed by atoms with Crippen molar-refractivity contribution in [3.05, 3.63) is 82.4 Å². The van der Waals surface area contributed by atoms with Gasteiger partial charge in [0.25, 0.3) is 5.91 Å². The highest BCUT2D eigenvalue weighted by molar-refractivity contribution is 5.98. The molecule has 1 amide bonds. The van der Waals surface area contributed by atoms with Crippen LogP contribution in [0.3, 0.4) is 0 Å². The predicted molar refractivity (Wildman–Crippen MR) is 129 cm³/mol. The molecule has 2 N–H and O–H groups in total. The van der Waals surface area contributed by atoms with E-state index in [1.54, 1.807) is 27.8 Å². The molecule has 1 aromatic carbocycles. The average molecular weight is 495 g/mol. The van der Waals surface area contributed by atoms with Gasteiger partial charge in [-0.3, -0.25) is 14.5 Å². The number of pyridine rings is 2. The highest BCUT2D eigenvalue weighted by Gasteiger charge is 2.33. The zero-order chi connectivity index (χ0) is 25.6. The van der Waals surface area contributed by atoms with Crippen LogP contribution in [0.4, 0.5) is 19.0 Å². The lowest BCUT2D eigenvalue weighted by molar-refractivity contribution is -0.137. The van der Waals surface area contributed by atoms with Crippen LogP contribution < -0.4 is 5.73 Å². The number of hydrogen-bond acceptors (Lipinski definition) is 5. The first kappa shape index (κ1) is 23.8. The highest BCUT2D eigenvalue weighted by atomic mass is 19.4. The van der Waals surface area contributed by atoms with Gasteiger partial charge in [0.1, 0.15) is 5.82 Å². The summed E-state index contributed by atoms with van der Waals surface area (Å²) in [5, 5.41) is 5.32. The highest BCUT2D eigenvalue weighted by Crippen LogP contribution is 2.36. The molecule has 1 unspecified atom stereocenters. The molecule has 0 saturated heterocycles. The lowest BCUT2D eigenvalue weighted by Crippen LogP contribution is -2.36. The molecule has 0 saturated carbocycles. The van der Waals surface area contributed by atoms with Gasteiger partial charge in [-0.15, -0.1) is 0 Å². The van der Waals surface area contributed by atoms with E-state index in [4.69, 9.17) is 5.73 Å². The number of rotatable bonds is 4. The molecule has 1 atom stereocenters. The number of fused-ring (bicyclic) bond motifs is 2. The number of carbonyl (C=O) groups excluding carboxylic acids is 1. The molecule has 186 valence electrons. The Morgan fingerprint density at radius 2 is 2.03 bits per heavy atom. The van der Waals surface area contributed by atoms with Crippen LogP contribution in [0.5, 0.6) is 0 Å². The van der Waals surface area contributed by atoms with Crippen molar-refractivity contribution in [3.8, 4) is 0 Å². The molecule has 0 radical (unpaired) electrons. The summed E-state index contributed by atoms with van der Waals surface area (Å²) in [7, 11) is 1.84. The summed E-state index contributed by atoms with van der Waals surface area (Å²) < 4.78 is 40.9. The van der Waals surface area contributed by atoms with Crippen LogP contribution in [-0.4, -0.2) is 30.6 Å². The Morgan fingerprint density at radius 1 is 1.22 bits per heavy atom. The monoisotopic (exact) mass is 494 g/mol. The molecule has 4 aromatic rings. The quantitative estimate of drug-likeness (QED) is 0.432. The minimum absolute atomic E-state index is 0.0625. The summed E-state index contributed by atoms with van der Waals surface area (Å²) in [6.07, 6.45) is 0.624. The molecule has 3 heterocycles. The van der Waals surface area contributed by atoms with Gasteiger partial charge in [0.2, 0.25) is 0 Å². The lowest BCUT2D eigenvalue weighted by atomic mass is 9.91. The van der Waals surface area contributed by atoms with E-state index in [2.05, 4.69) is 15.1 Å². The maximum absolute atomic E-state index is 13.9. The minimum Gasteiger partial charge on any atom is -0.383 e. The lowest BCUT2D eigenvalue weighted by Gasteiger charge is -2.34. The molecular formula is C26H25F3N6O. The number of nitrogen functional groups attached to an aromatic ring is 1. The molecular weight excluding hydrogens is 469 g/mol. The molecule has 0 fully saturated rings. The van der Waals surface area contributed by atoms with E-state index in [0.29, 0.717) is 22.6 Å². The normalized spacial score (nSPS) is 15.6. The van der Waals surface area contributed by atoms with Crippen LogP contribution in [0.15, 0.2) is 48.8 Å². The van der Waals surface area contributed by atoms with Crippen molar-refractivity contribution in [1.29, 1.82) is 0 Å². The fraction of sp³-hybridized carbons (Fsp3) is 0.308. The second-order valence-electron chi connectivity index (χ2n) is 9.18. The Labute approximate surface area is 205 Å². The molecule has 3 aromatic heterocycles. The second kappa shape index (κ2) is 8.92. The third-order valence-electron chi connectivity index (χ3n) is 6.60. The largest absolute Gasteiger partial charge is 0.417 e. The van der Waals surface area contributed by atoms with Crippen LogP contribution >= 0.6 is 0 Å². The molecule has 5 rings (SSSR count). The number of nitrogens with two attached hydrogens (primary N) is 1. The summed E-state index contributed by atoms with van der Waals surface area (Å²) >= 11 is 0. The van der Waals surface area contributed by atoms with Gasteiger partial charge >= 0.3 is 6.18 Å². The Hall–Kier alpha value is -3.95. The number of nitrogens with zero attached hydrogens (tertiary/aromatic N) is 5. The number of hydrogen-bond donors (Lipinski definition) is 1. The van der Waals surface area contributed by atoms with Crippen molar-refractivity contribution in [2.75, 3.05) is 5.73 Å². The van der Waals surface area contributed by atoms with Crippen molar-refractivity contribution in [1.82, 2.24) is 24.6 Å². The Kier molecular flexibility index (Phi) is 5.89. The van der Waals surface area contributed by atoms with Crippen molar-refractivity contribution in [2.45, 2.75) is 44.9 Å². The Bertz CT molecular complexity index is 1440. The van der Waals surface area contributed by atoms with Gasteiger partial charge < -0.3 is 10.6 Å². The number of alkyl halides is 3. The number of aromatic nitrogens is 4. The molecule has 1 aliphatic rings. The fourth-order valence-corrected chi connectivity index (χ4v) is 4.75. The van der Waals surface area contributed by atoms with E-state index in [9.17, 15) is 18.0 Å². The summed E-state index contributed by atoms with van der Waals surface area (Å²) in [5.74, 6) is 0.192. The van der Waals surface area contributed by atoms with Crippen molar-refractivity contribution >= 4 is 22.6 Å². The van der Waals surface area contributed by atoms with E-state index < -0.39 is 11.7 Å². The van der Waals surface area contributed by atoms with Gasteiger partial charge in [-0.25, -0.2) is 4.98 Å². The first-order valence-electron chi connectivity index (χ1n) is 11.6. The second-order valence-corrected chi connectivity index (χ2v) is 9.18. The van der Waals surface area contributed by atoms with E-state index >= 15 is 0 Å². The summed E-state index contributed by atoms with van der Waals surface area (Å²) in [6, 6.07) is 9.16. The third kappa shape index (κ3) is 4.50. The molecule has 36 heavy (non-hydrogen) atoms. The van der Waals surface area contributed by atoms with Crippen LogP contribution in [0.25, 0.3) is 10.9 Å². The summed E-state index contributed by atoms with van der Waals surface area (Å²) in [5.41, 5.74) is 9.31. The number of carbonyl (C=O) groups is 1. The molecule has 7 nitrogen and oxygen atoms in total. The van der Waals surface area contributed by atoms with Gasteiger partial charge in [-0.2, -0.15) is 18.3 Å². The van der Waals surface area contributed by atoms with Gasteiger partial charge in [-0.05, 0) is 68.1 Å². The zero-order valence-corrected chi connectivity index (χ0v) is 19.9. The molecule has 0 bridgehead atoms. The maximum Gasteiger partial charge on any atom is 0.417 e. The topological polar surface area (TPSA) is 89.9 Å². The van der Waals surface area contributed by atoms with Crippen LogP contribution in [0.1, 0.15) is 57.3 Å². The number of benzene rings is 1. The fourth-order valence-electron chi connectivity index (χ4n) is 4.75. The molecule has 0 aliphatic heterocycles. The van der Waals surface area contributed by atoms with Crippen molar-refractivity contribution in [2.24, 2.45) is 7.05 Å². The zero-order valence-electron chi connectivity index (χ0n) is 19.9. The molecule has 0 spiro atoms. The van der Waals surface area contributed by atoms with Crippen LogP contribution in [0, 0.1) is 6.92 Å². The van der Waals surface area contributed by atoms with Gasteiger partial charge in [0.15, 0.2) is 0 Å². The standard InChI is InChI=1S/C26H25F3N6O/c1-15-10-17-11-16(6-9-21(17)32-24(15)30)25(36)35(13-19-8-7-18(12-31-19)26(27,28)29)23-5-3-4-22-20(23)14-34(2)33-22/h6-12,14,23H,3-5,13H2,1-2H3,(H2,30,32). The van der Waals surface area contributed by atoms with E-state index in [1.165, 1.54) is 6.07 Å². The van der Waals surface area contributed by atoms with Gasteiger partial charge in [0, 0.05) is 36.0 Å². The number of aryl methyl sites for hydroxylation is 3. The predicted octanol–water partition coefficient (Wildman–Crippen LogP) is 4.99. The molecule has 10 heteroatoms. The number of anilines is 1. The minimum atomic E-state index is -4.48. The first-order chi connectivity index (χ1) is 17.1. The molecule has 1 aliphatic carbocycles. The SMILES string of the molecule is Cc1cc2cc(C(=O)N(Cc3ccc(C(F)(F)F)cn3)C3CCCc4nn(C)cc43)ccc2nc1N. The van der Waals surface area contributed by atoms with Crippen LogP contribution in [-0.2, 0) is 26.2 Å². The summed E-state index contributed by atoms with van der Waals surface area (Å²) in [6.45, 7) is 1.91. The van der Waals surface area contributed by atoms with E-state index in [0.717, 1.165) is 53.7 Å². The van der Waals surface area contributed by atoms with Gasteiger partial charge in [-0.1, -0.05) is 0 Å². The average Bonchev–Trinajstić information content (AvgIpc) is 3.23. The third-order valence-corrected chi connectivity index (χ3v) is 6.60. The van der Waals surface area contributed by atoms with Crippen molar-refractivity contribution < 1.29 is 18.0 Å². The summed E-state index contributed by atoms with van der Waals surface area (Å²) in [4.78, 5) is 24.0. The first-order valence-corrected chi connectivity index (χ1v) is 11.6. The van der Waals surface area contributed by atoms with Crippen molar-refractivity contribution in [3.63, 3.8) is 0 Å². The Balaban J connectivity index is 1.54. The van der Waals surface area contributed by atoms with E-state index in [-0.39, 0.29) is 18.5 Å². The van der Waals surface area contributed by atoms with Crippen LogP contribution in [0.2, 0.25) is 0 Å². The Morgan fingerprint density at radius 3 is 2.75 bits per heavy atom.